The molecule has 0 aliphatic carbocycles. The molecule has 0 unspecified atom stereocenters. The van der Waals surface area contributed by atoms with Crippen molar-refractivity contribution in [1.82, 2.24) is 4.90 Å². The van der Waals surface area contributed by atoms with E-state index in [1.807, 2.05) is 0 Å². The highest BCUT2D eigenvalue weighted by Gasteiger charge is 2.32. The van der Waals surface area contributed by atoms with Crippen LogP contribution in [0.1, 0.15) is 5.56 Å². The number of likely N-dealkylation sites (N-methyl/N-ethyl adjacent to an activating group) is 1. The largest absolute Gasteiger partial charge is 0.573 e. The van der Waals surface area contributed by atoms with Gasteiger partial charge >= 0.3 is 12.3 Å². The summed E-state index contributed by atoms with van der Waals surface area (Å²) in [4.78, 5) is 11.6. The molecule has 1 N–H and O–H groups in total. The second-order valence-corrected chi connectivity index (χ2v) is 3.83. The van der Waals surface area contributed by atoms with E-state index in [-0.39, 0.29) is 12.1 Å². The average molecular weight is 281 g/mol. The summed E-state index contributed by atoms with van der Waals surface area (Å²) in [5.41, 5.74) is -0.344. The van der Waals surface area contributed by atoms with Gasteiger partial charge in [0, 0.05) is 12.1 Å². The summed E-state index contributed by atoms with van der Waals surface area (Å²) < 4.78 is 53.7. The highest BCUT2D eigenvalue weighted by molar-refractivity contribution is 5.69. The molecule has 8 heteroatoms. The SMILES string of the molecule is CN(CC(=O)O)Cc1c(F)cccc1OC(F)(F)F. The second kappa shape index (κ2) is 5.87. The Bertz CT molecular complexity index is 462. The van der Waals surface area contributed by atoms with Crippen LogP contribution in [0.2, 0.25) is 0 Å². The number of carboxylic acid groups (broad SMARTS) is 1. The minimum Gasteiger partial charge on any atom is -0.480 e. The van der Waals surface area contributed by atoms with Crippen LogP contribution in [0.15, 0.2) is 18.2 Å². The lowest BCUT2D eigenvalue weighted by atomic mass is 10.1. The van der Waals surface area contributed by atoms with E-state index in [1.54, 1.807) is 0 Å². The predicted molar refractivity (Wildman–Crippen MR) is 57.1 cm³/mol. The average Bonchev–Trinajstić information content (AvgIpc) is 2.20. The maximum Gasteiger partial charge on any atom is 0.573 e. The van der Waals surface area contributed by atoms with Crippen LogP contribution in [-0.4, -0.2) is 35.9 Å². The van der Waals surface area contributed by atoms with Crippen LogP contribution in [-0.2, 0) is 11.3 Å². The zero-order chi connectivity index (χ0) is 14.6. The molecule has 0 saturated heterocycles. The lowest BCUT2D eigenvalue weighted by Gasteiger charge is -2.18. The molecule has 4 nitrogen and oxygen atoms in total. The van der Waals surface area contributed by atoms with Crippen LogP contribution in [0, 0.1) is 5.82 Å². The fourth-order valence-electron chi connectivity index (χ4n) is 1.47. The molecule has 0 aliphatic rings. The number of aliphatic carboxylic acids is 1. The molecular weight excluding hydrogens is 270 g/mol. The first-order valence-corrected chi connectivity index (χ1v) is 5.12. The van der Waals surface area contributed by atoms with Gasteiger partial charge in [0.2, 0.25) is 0 Å². The van der Waals surface area contributed by atoms with Gasteiger partial charge in [0.15, 0.2) is 0 Å². The summed E-state index contributed by atoms with van der Waals surface area (Å²) in [5.74, 6) is -2.74. The molecule has 0 atom stereocenters. The number of hydrogen-bond donors (Lipinski definition) is 1. The number of ether oxygens (including phenoxy) is 1. The number of halogens is 4. The van der Waals surface area contributed by atoms with Crippen molar-refractivity contribution < 1.29 is 32.2 Å². The molecule has 0 aromatic heterocycles. The first kappa shape index (κ1) is 15.2. The van der Waals surface area contributed by atoms with Gasteiger partial charge in [0.25, 0.3) is 0 Å². The third kappa shape index (κ3) is 5.12. The van der Waals surface area contributed by atoms with Gasteiger partial charge in [0.1, 0.15) is 11.6 Å². The van der Waals surface area contributed by atoms with E-state index in [9.17, 15) is 22.4 Å². The van der Waals surface area contributed by atoms with Crippen LogP contribution in [0.3, 0.4) is 0 Å². The summed E-state index contributed by atoms with van der Waals surface area (Å²) in [6, 6.07) is 3.03. The van der Waals surface area contributed by atoms with Crippen molar-refractivity contribution in [2.75, 3.05) is 13.6 Å². The van der Waals surface area contributed by atoms with E-state index >= 15 is 0 Å². The summed E-state index contributed by atoms with van der Waals surface area (Å²) in [6.45, 7) is -0.746. The van der Waals surface area contributed by atoms with Gasteiger partial charge in [0.05, 0.1) is 6.54 Å². The molecule has 0 amide bonds. The number of benzene rings is 1. The van der Waals surface area contributed by atoms with Crippen molar-refractivity contribution in [2.24, 2.45) is 0 Å². The molecule has 0 aliphatic heterocycles. The Morgan fingerprint density at radius 3 is 2.58 bits per heavy atom. The van der Waals surface area contributed by atoms with Crippen molar-refractivity contribution in [2.45, 2.75) is 12.9 Å². The standard InChI is InChI=1S/C11H11F4NO3/c1-16(6-10(17)18)5-7-8(12)3-2-4-9(7)19-11(13,14)15/h2-4H,5-6H2,1H3,(H,17,18). The van der Waals surface area contributed by atoms with E-state index in [4.69, 9.17) is 5.11 Å². The minimum absolute atomic E-state index is 0.315. The van der Waals surface area contributed by atoms with Gasteiger partial charge in [-0.25, -0.2) is 4.39 Å². The van der Waals surface area contributed by atoms with Crippen molar-refractivity contribution in [3.8, 4) is 5.75 Å². The molecular formula is C11H11F4NO3. The number of rotatable bonds is 5. The van der Waals surface area contributed by atoms with E-state index in [0.717, 1.165) is 23.1 Å². The van der Waals surface area contributed by atoms with Crippen LogP contribution in [0.4, 0.5) is 17.6 Å². The number of hydrogen-bond acceptors (Lipinski definition) is 3. The summed E-state index contributed by atoms with van der Waals surface area (Å²) >= 11 is 0. The summed E-state index contributed by atoms with van der Waals surface area (Å²) in [7, 11) is 1.35. The Hall–Kier alpha value is -1.83. The fraction of sp³-hybridized carbons (Fsp3) is 0.364. The van der Waals surface area contributed by atoms with Crippen LogP contribution < -0.4 is 4.74 Å². The van der Waals surface area contributed by atoms with Gasteiger partial charge in [-0.1, -0.05) is 6.07 Å². The zero-order valence-electron chi connectivity index (χ0n) is 9.87. The number of carboxylic acids is 1. The predicted octanol–water partition coefficient (Wildman–Crippen LogP) is 2.24. The Labute approximate surface area is 106 Å². The van der Waals surface area contributed by atoms with Crippen molar-refractivity contribution in [3.63, 3.8) is 0 Å². The molecule has 0 saturated carbocycles. The lowest BCUT2D eigenvalue weighted by molar-refractivity contribution is -0.275. The maximum absolute atomic E-state index is 13.5. The number of carbonyl (C=O) groups is 1. The Kier molecular flexibility index (Phi) is 4.71. The molecule has 1 aromatic carbocycles. The fourth-order valence-corrected chi connectivity index (χ4v) is 1.47. The van der Waals surface area contributed by atoms with Crippen LogP contribution in [0.5, 0.6) is 5.75 Å². The molecule has 1 aromatic rings. The van der Waals surface area contributed by atoms with Crippen LogP contribution >= 0.6 is 0 Å². The highest BCUT2D eigenvalue weighted by Crippen LogP contribution is 2.28. The molecule has 0 radical (unpaired) electrons. The molecule has 19 heavy (non-hydrogen) atoms. The highest BCUT2D eigenvalue weighted by atomic mass is 19.4. The van der Waals surface area contributed by atoms with E-state index in [0.29, 0.717) is 0 Å². The third-order valence-electron chi connectivity index (χ3n) is 2.13. The first-order chi connectivity index (χ1) is 8.69. The van der Waals surface area contributed by atoms with Gasteiger partial charge in [-0.15, -0.1) is 13.2 Å². The minimum atomic E-state index is -4.94. The molecule has 1 rings (SSSR count). The zero-order valence-corrected chi connectivity index (χ0v) is 9.87. The molecule has 0 bridgehead atoms. The van der Waals surface area contributed by atoms with Crippen molar-refractivity contribution >= 4 is 5.97 Å². The van der Waals surface area contributed by atoms with Crippen LogP contribution in [0.25, 0.3) is 0 Å². The monoisotopic (exact) mass is 281 g/mol. The van der Waals surface area contributed by atoms with Gasteiger partial charge in [-0.05, 0) is 19.2 Å². The number of alkyl halides is 3. The summed E-state index contributed by atoms with van der Waals surface area (Å²) in [6.07, 6.45) is -4.94. The molecule has 0 spiro atoms. The van der Waals surface area contributed by atoms with Crippen molar-refractivity contribution in [3.05, 3.63) is 29.6 Å². The van der Waals surface area contributed by atoms with Crippen molar-refractivity contribution in [1.29, 1.82) is 0 Å². The van der Waals surface area contributed by atoms with E-state index < -0.39 is 30.4 Å². The number of nitrogens with zero attached hydrogens (tertiary/aromatic N) is 1. The van der Waals surface area contributed by atoms with Gasteiger partial charge in [-0.3, -0.25) is 9.69 Å². The van der Waals surface area contributed by atoms with Gasteiger partial charge in [-0.2, -0.15) is 0 Å². The Morgan fingerprint density at radius 2 is 2.05 bits per heavy atom. The van der Waals surface area contributed by atoms with E-state index in [2.05, 4.69) is 4.74 Å². The maximum atomic E-state index is 13.5. The Morgan fingerprint density at radius 1 is 1.42 bits per heavy atom. The third-order valence-corrected chi connectivity index (χ3v) is 2.13. The summed E-state index contributed by atoms with van der Waals surface area (Å²) in [5, 5.41) is 8.54. The quantitative estimate of drug-likeness (QED) is 0.841. The van der Waals surface area contributed by atoms with Gasteiger partial charge < -0.3 is 9.84 Å². The van der Waals surface area contributed by atoms with E-state index in [1.165, 1.54) is 7.05 Å². The Balaban J connectivity index is 2.95. The molecule has 0 heterocycles. The lowest BCUT2D eigenvalue weighted by Crippen LogP contribution is -2.26. The second-order valence-electron chi connectivity index (χ2n) is 3.83. The smallest absolute Gasteiger partial charge is 0.480 e. The molecule has 0 fully saturated rings. The first-order valence-electron chi connectivity index (χ1n) is 5.12. The molecule has 106 valence electrons. The topological polar surface area (TPSA) is 49.8 Å². The normalized spacial score (nSPS) is 11.7.